The van der Waals surface area contributed by atoms with Crippen LogP contribution in [0, 0.1) is 0 Å². The van der Waals surface area contributed by atoms with Crippen molar-refractivity contribution in [3.05, 3.63) is 45.9 Å². The summed E-state index contributed by atoms with van der Waals surface area (Å²) in [5, 5.41) is 2.73. The van der Waals surface area contributed by atoms with E-state index >= 15 is 0 Å². The molecule has 0 saturated heterocycles. The van der Waals surface area contributed by atoms with Gasteiger partial charge in [0.25, 0.3) is 6.42 Å². The maximum atomic E-state index is 13.8. The van der Waals surface area contributed by atoms with Gasteiger partial charge in [-0.1, -0.05) is 19.1 Å². The highest BCUT2D eigenvalue weighted by Crippen LogP contribution is 2.29. The molecule has 4 rings (SSSR count). The van der Waals surface area contributed by atoms with Crippen molar-refractivity contribution in [3.63, 3.8) is 0 Å². The van der Waals surface area contributed by atoms with Crippen molar-refractivity contribution in [2.75, 3.05) is 11.9 Å². The number of amidine groups is 1. The van der Waals surface area contributed by atoms with E-state index in [-0.39, 0.29) is 5.84 Å². The summed E-state index contributed by atoms with van der Waals surface area (Å²) >= 11 is 0. The van der Waals surface area contributed by atoms with Gasteiger partial charge >= 0.3 is 0 Å². The molecule has 0 amide bonds. The van der Waals surface area contributed by atoms with Gasteiger partial charge in [-0.3, -0.25) is 0 Å². The zero-order valence-electron chi connectivity index (χ0n) is 15.1. The maximum Gasteiger partial charge on any atom is 0.267 e. The molecule has 7 heteroatoms. The lowest BCUT2D eigenvalue weighted by Gasteiger charge is -2.18. The second-order valence-electron chi connectivity index (χ2n) is 6.93. The number of benzene rings is 1. The number of aromatic nitrogens is 2. The number of nitrogens with one attached hydrogen (secondary N) is 1. The smallest absolute Gasteiger partial charge is 0.267 e. The molecule has 6 nitrogen and oxygen atoms in total. The van der Waals surface area contributed by atoms with Crippen molar-refractivity contribution in [1.29, 1.82) is 0 Å². The van der Waals surface area contributed by atoms with Crippen LogP contribution >= 0.6 is 0 Å². The Labute approximate surface area is 152 Å². The van der Waals surface area contributed by atoms with E-state index in [0.29, 0.717) is 31.0 Å². The predicted molar refractivity (Wildman–Crippen MR) is 101 cm³/mol. The highest BCUT2D eigenvalue weighted by atomic mass is 19.1. The van der Waals surface area contributed by atoms with Crippen LogP contribution in [0.5, 0.6) is 0 Å². The minimum absolute atomic E-state index is 0.132. The van der Waals surface area contributed by atoms with E-state index in [2.05, 4.69) is 34.3 Å². The summed E-state index contributed by atoms with van der Waals surface area (Å²) in [6, 6.07) is 4.67. The number of nitrogens with two attached hydrogens (primary N) is 2. The highest BCUT2D eigenvalue weighted by molar-refractivity contribution is 6.01. The number of aryl methyl sites for hydroxylation is 3. The third-order valence-corrected chi connectivity index (χ3v) is 5.29. The quantitative estimate of drug-likeness (QED) is 0.713. The molecule has 1 aromatic carbocycles. The molecule has 0 bridgehead atoms. The van der Waals surface area contributed by atoms with Gasteiger partial charge in [0.05, 0.1) is 0 Å². The number of aliphatic imine (C=N–C) groups is 1. The van der Waals surface area contributed by atoms with Gasteiger partial charge in [0.1, 0.15) is 17.3 Å². The Morgan fingerprint density at radius 1 is 1.27 bits per heavy atom. The molecule has 0 radical (unpaired) electrons. The number of imidazole rings is 1. The molecular formula is C19H25FN6. The Morgan fingerprint density at radius 2 is 2.00 bits per heavy atom. The average molecular weight is 356 g/mol. The Morgan fingerprint density at radius 3 is 2.69 bits per heavy atom. The molecule has 2 aromatic rings. The Hall–Kier alpha value is -2.41. The molecule has 1 aromatic heterocycles. The van der Waals surface area contributed by atoms with Crippen LogP contribution < -0.4 is 16.8 Å². The zero-order chi connectivity index (χ0) is 18.3. The molecule has 26 heavy (non-hydrogen) atoms. The molecule has 1 atom stereocenters. The fourth-order valence-electron chi connectivity index (χ4n) is 4.05. The van der Waals surface area contributed by atoms with Gasteiger partial charge in [-0.05, 0) is 47.9 Å². The lowest BCUT2D eigenvalue weighted by atomic mass is 9.96. The minimum Gasteiger partial charge on any atom is -0.382 e. The van der Waals surface area contributed by atoms with Gasteiger partial charge < -0.3 is 21.4 Å². The summed E-state index contributed by atoms with van der Waals surface area (Å²) < 4.78 is 15.7. The van der Waals surface area contributed by atoms with Crippen LogP contribution in [0.4, 0.5) is 10.2 Å². The second-order valence-corrected chi connectivity index (χ2v) is 6.93. The summed E-state index contributed by atoms with van der Waals surface area (Å²) in [5.41, 5.74) is 17.8. The van der Waals surface area contributed by atoms with E-state index in [1.165, 1.54) is 35.1 Å². The molecule has 138 valence electrons. The number of nitrogens with zero attached hydrogens (tertiary/aromatic N) is 3. The monoisotopic (exact) mass is 356 g/mol. The first-order valence-electron chi connectivity index (χ1n) is 9.28. The van der Waals surface area contributed by atoms with E-state index in [9.17, 15) is 4.39 Å². The minimum atomic E-state index is -1.55. The Balaban J connectivity index is 1.75. The topological polar surface area (TPSA) is 94.2 Å². The molecular weight excluding hydrogens is 331 g/mol. The first kappa shape index (κ1) is 17.0. The Kier molecular flexibility index (Phi) is 4.40. The van der Waals surface area contributed by atoms with Gasteiger partial charge in [0.15, 0.2) is 5.84 Å². The molecule has 0 fully saturated rings. The van der Waals surface area contributed by atoms with Gasteiger partial charge in [-0.2, -0.15) is 4.39 Å². The normalized spacial score (nSPS) is 18.3. The number of hydrogen-bond acceptors (Lipinski definition) is 5. The van der Waals surface area contributed by atoms with Crippen molar-refractivity contribution in [2.45, 2.75) is 52.0 Å². The van der Waals surface area contributed by atoms with Crippen molar-refractivity contribution >= 4 is 11.7 Å². The summed E-state index contributed by atoms with van der Waals surface area (Å²) in [6.45, 7) is 3.17. The van der Waals surface area contributed by atoms with Gasteiger partial charge in [0.2, 0.25) is 0 Å². The predicted octanol–water partition coefficient (Wildman–Crippen LogP) is 1.87. The summed E-state index contributed by atoms with van der Waals surface area (Å²) in [4.78, 5) is 8.41. The van der Waals surface area contributed by atoms with Crippen LogP contribution in [0.15, 0.2) is 17.1 Å². The first-order valence-corrected chi connectivity index (χ1v) is 9.28. The van der Waals surface area contributed by atoms with Crippen molar-refractivity contribution in [1.82, 2.24) is 9.55 Å². The summed E-state index contributed by atoms with van der Waals surface area (Å²) in [5.74, 6) is 1.55. The van der Waals surface area contributed by atoms with E-state index in [4.69, 9.17) is 11.5 Å². The third kappa shape index (κ3) is 2.86. The molecule has 5 N–H and O–H groups in total. The Bertz CT molecular complexity index is 869. The number of hydrogen-bond donors (Lipinski definition) is 3. The molecule has 1 aliphatic heterocycles. The fraction of sp³-hybridized carbons (Fsp3) is 0.474. The molecule has 0 spiro atoms. The fourth-order valence-corrected chi connectivity index (χ4v) is 4.05. The van der Waals surface area contributed by atoms with Crippen LogP contribution in [0.2, 0.25) is 0 Å². The van der Waals surface area contributed by atoms with E-state index in [0.717, 1.165) is 18.7 Å². The lowest BCUT2D eigenvalue weighted by molar-refractivity contribution is 0.382. The van der Waals surface area contributed by atoms with Crippen molar-refractivity contribution < 1.29 is 4.39 Å². The van der Waals surface area contributed by atoms with E-state index in [1.807, 2.05) is 4.57 Å². The number of alkyl halides is 1. The highest BCUT2D eigenvalue weighted by Gasteiger charge is 2.26. The van der Waals surface area contributed by atoms with Gasteiger partial charge in [-0.15, -0.1) is 0 Å². The van der Waals surface area contributed by atoms with Crippen LogP contribution in [0.1, 0.15) is 47.1 Å². The number of fused-ring (bicyclic) bond motifs is 2. The molecule has 2 heterocycles. The van der Waals surface area contributed by atoms with Crippen molar-refractivity contribution in [2.24, 2.45) is 16.5 Å². The maximum absolute atomic E-state index is 13.8. The van der Waals surface area contributed by atoms with Crippen molar-refractivity contribution in [3.8, 4) is 0 Å². The zero-order valence-corrected chi connectivity index (χ0v) is 15.1. The lowest BCUT2D eigenvalue weighted by Crippen LogP contribution is -2.28. The van der Waals surface area contributed by atoms with E-state index in [1.54, 1.807) is 0 Å². The number of rotatable bonds is 5. The van der Waals surface area contributed by atoms with Crippen LogP contribution in [0.3, 0.4) is 0 Å². The number of anilines is 1. The molecule has 0 saturated carbocycles. The molecule has 2 aliphatic rings. The van der Waals surface area contributed by atoms with E-state index < -0.39 is 6.42 Å². The molecule has 1 unspecified atom stereocenters. The number of halogens is 1. The largest absolute Gasteiger partial charge is 0.382 e. The van der Waals surface area contributed by atoms with Gasteiger partial charge in [0, 0.05) is 19.5 Å². The standard InChI is InChI=1S/C19H25FN6/c1-2-11-8-12-4-3-5-13(12)9-14(11)10-15-23-16-17(22)24-19(20)25-18(16)26(15)7-6-21/h8-9,19,25H,2-7,10,21H2,1H3,(H2,22,24). The average Bonchev–Trinajstić information content (AvgIpc) is 3.20. The third-order valence-electron chi connectivity index (χ3n) is 5.29. The molecule has 1 aliphatic carbocycles. The summed E-state index contributed by atoms with van der Waals surface area (Å²) in [7, 11) is 0. The van der Waals surface area contributed by atoms with Crippen LogP contribution in [-0.4, -0.2) is 28.4 Å². The van der Waals surface area contributed by atoms with Crippen LogP contribution in [0.25, 0.3) is 0 Å². The SMILES string of the molecule is CCc1cc2c(cc1Cc1nc3c(n1CCN)NC(F)N=C3N)CCC2. The summed E-state index contributed by atoms with van der Waals surface area (Å²) in [6.07, 6.45) is 3.66. The van der Waals surface area contributed by atoms with Crippen LogP contribution in [-0.2, 0) is 32.2 Å². The second kappa shape index (κ2) is 6.72. The first-order chi connectivity index (χ1) is 12.6. The van der Waals surface area contributed by atoms with Gasteiger partial charge in [-0.25, -0.2) is 9.98 Å².